The molecule has 0 radical (unpaired) electrons. The van der Waals surface area contributed by atoms with Crippen LogP contribution in [0.4, 0.5) is 10.5 Å². The zero-order valence-electron chi connectivity index (χ0n) is 17.3. The SMILES string of the molecule is CCOc1ccccc1N(C)C(=O)OC1C2CCC1CN(Cc1ccccc1)C2. The van der Waals surface area contributed by atoms with Crippen molar-refractivity contribution in [3.63, 3.8) is 0 Å². The highest BCUT2D eigenvalue weighted by Gasteiger charge is 2.44. The molecule has 2 fully saturated rings. The largest absolute Gasteiger partial charge is 0.492 e. The summed E-state index contributed by atoms with van der Waals surface area (Å²) < 4.78 is 11.7. The Morgan fingerprint density at radius 1 is 1.03 bits per heavy atom. The summed E-state index contributed by atoms with van der Waals surface area (Å²) in [6, 6.07) is 18.2. The fraction of sp³-hybridized carbons (Fsp3) is 0.458. The minimum Gasteiger partial charge on any atom is -0.492 e. The monoisotopic (exact) mass is 394 g/mol. The number of rotatable bonds is 6. The van der Waals surface area contributed by atoms with Crippen LogP contribution in [0, 0.1) is 11.8 Å². The number of piperidine rings is 1. The highest BCUT2D eigenvalue weighted by molar-refractivity contribution is 5.89. The van der Waals surface area contributed by atoms with Crippen molar-refractivity contribution in [3.05, 3.63) is 60.2 Å². The van der Waals surface area contributed by atoms with Crippen molar-refractivity contribution < 1.29 is 14.3 Å². The van der Waals surface area contributed by atoms with Gasteiger partial charge in [0.2, 0.25) is 0 Å². The molecule has 1 amide bonds. The topological polar surface area (TPSA) is 42.0 Å². The number of hydrogen-bond acceptors (Lipinski definition) is 4. The summed E-state index contributed by atoms with van der Waals surface area (Å²) in [6.07, 6.45) is 1.98. The quantitative estimate of drug-likeness (QED) is 0.720. The molecule has 0 aromatic heterocycles. The number of benzene rings is 2. The molecular formula is C24H30N2O3. The standard InChI is InChI=1S/C24H30N2O3/c1-3-28-22-12-8-7-11-21(22)25(2)24(27)29-23-19-13-14-20(23)17-26(16-19)15-18-9-5-4-6-10-18/h4-12,19-20,23H,3,13-17H2,1-2H3. The molecule has 2 atom stereocenters. The van der Waals surface area contributed by atoms with Gasteiger partial charge in [-0.1, -0.05) is 42.5 Å². The molecule has 0 spiro atoms. The van der Waals surface area contributed by atoms with Crippen LogP contribution in [0.2, 0.25) is 0 Å². The summed E-state index contributed by atoms with van der Waals surface area (Å²) in [4.78, 5) is 17.0. The number of amides is 1. The van der Waals surface area contributed by atoms with Gasteiger partial charge in [0.05, 0.1) is 12.3 Å². The van der Waals surface area contributed by atoms with Crippen molar-refractivity contribution in [2.24, 2.45) is 11.8 Å². The van der Waals surface area contributed by atoms with Crippen molar-refractivity contribution in [3.8, 4) is 5.75 Å². The van der Waals surface area contributed by atoms with E-state index in [-0.39, 0.29) is 12.2 Å². The van der Waals surface area contributed by atoms with Crippen LogP contribution >= 0.6 is 0 Å². The highest BCUT2D eigenvalue weighted by Crippen LogP contribution is 2.40. The maximum Gasteiger partial charge on any atom is 0.414 e. The first-order chi connectivity index (χ1) is 14.2. The lowest BCUT2D eigenvalue weighted by Crippen LogP contribution is -2.47. The van der Waals surface area contributed by atoms with Gasteiger partial charge in [-0.25, -0.2) is 4.79 Å². The van der Waals surface area contributed by atoms with E-state index >= 15 is 0 Å². The lowest BCUT2D eigenvalue weighted by molar-refractivity contribution is 0.000454. The van der Waals surface area contributed by atoms with E-state index in [1.165, 1.54) is 5.56 Å². The van der Waals surface area contributed by atoms with Crippen LogP contribution < -0.4 is 9.64 Å². The van der Waals surface area contributed by atoms with E-state index in [9.17, 15) is 4.79 Å². The van der Waals surface area contributed by atoms with Gasteiger partial charge >= 0.3 is 6.09 Å². The Labute approximate surface area is 173 Å². The third kappa shape index (κ3) is 4.40. The fourth-order valence-corrected chi connectivity index (χ4v) is 4.74. The molecule has 2 aromatic carbocycles. The summed E-state index contributed by atoms with van der Waals surface area (Å²) in [6.45, 7) is 5.45. The minimum absolute atomic E-state index is 0.0104. The van der Waals surface area contributed by atoms with E-state index in [0.29, 0.717) is 24.2 Å². The maximum absolute atomic E-state index is 12.9. The van der Waals surface area contributed by atoms with Crippen LogP contribution in [0.1, 0.15) is 25.3 Å². The molecule has 154 valence electrons. The van der Waals surface area contributed by atoms with Gasteiger partial charge < -0.3 is 9.47 Å². The molecule has 1 saturated carbocycles. The summed E-state index contributed by atoms with van der Waals surface area (Å²) in [5, 5.41) is 0. The molecule has 2 aliphatic rings. The average molecular weight is 395 g/mol. The lowest BCUT2D eigenvalue weighted by Gasteiger charge is -2.38. The van der Waals surface area contributed by atoms with Crippen LogP contribution in [0.3, 0.4) is 0 Å². The van der Waals surface area contributed by atoms with E-state index in [2.05, 4.69) is 35.2 Å². The number of carbonyl (C=O) groups excluding carboxylic acids is 1. The summed E-state index contributed by atoms with van der Waals surface area (Å²) >= 11 is 0. The van der Waals surface area contributed by atoms with Crippen LogP contribution in [-0.4, -0.2) is 43.8 Å². The average Bonchev–Trinajstić information content (AvgIpc) is 2.96. The molecule has 0 N–H and O–H groups in total. The van der Waals surface area contributed by atoms with Crippen molar-refractivity contribution in [2.45, 2.75) is 32.4 Å². The second-order valence-corrected chi connectivity index (χ2v) is 8.09. The van der Waals surface area contributed by atoms with Crippen LogP contribution in [0.5, 0.6) is 5.75 Å². The van der Waals surface area contributed by atoms with Crippen molar-refractivity contribution in [2.75, 3.05) is 31.6 Å². The molecular weight excluding hydrogens is 364 g/mol. The van der Waals surface area contributed by atoms with Crippen LogP contribution in [-0.2, 0) is 11.3 Å². The lowest BCUT2D eigenvalue weighted by atomic mass is 9.94. The number of anilines is 1. The Morgan fingerprint density at radius 3 is 2.38 bits per heavy atom. The molecule has 2 bridgehead atoms. The summed E-state index contributed by atoms with van der Waals surface area (Å²) in [7, 11) is 1.76. The van der Waals surface area contributed by atoms with Crippen molar-refractivity contribution in [1.29, 1.82) is 0 Å². The molecule has 1 aliphatic heterocycles. The smallest absolute Gasteiger partial charge is 0.414 e. The van der Waals surface area contributed by atoms with E-state index in [0.717, 1.165) is 38.2 Å². The molecule has 1 saturated heterocycles. The number of fused-ring (bicyclic) bond motifs is 2. The van der Waals surface area contributed by atoms with Gasteiger partial charge in [-0.15, -0.1) is 0 Å². The zero-order chi connectivity index (χ0) is 20.2. The Kier molecular flexibility index (Phi) is 6.05. The second-order valence-electron chi connectivity index (χ2n) is 8.09. The van der Waals surface area contributed by atoms with E-state index < -0.39 is 0 Å². The van der Waals surface area contributed by atoms with Crippen molar-refractivity contribution >= 4 is 11.8 Å². The molecule has 5 nitrogen and oxygen atoms in total. The summed E-state index contributed by atoms with van der Waals surface area (Å²) in [5.74, 6) is 1.53. The minimum atomic E-state index is -0.296. The number of hydrogen-bond donors (Lipinski definition) is 0. The number of para-hydroxylation sites is 2. The van der Waals surface area contributed by atoms with Gasteiger partial charge in [-0.3, -0.25) is 9.80 Å². The van der Waals surface area contributed by atoms with Gasteiger partial charge in [0.15, 0.2) is 0 Å². The Morgan fingerprint density at radius 2 is 1.69 bits per heavy atom. The number of carbonyl (C=O) groups is 1. The number of nitrogens with zero attached hydrogens (tertiary/aromatic N) is 2. The first kappa shape index (κ1) is 19.8. The van der Waals surface area contributed by atoms with Crippen LogP contribution in [0.25, 0.3) is 0 Å². The third-order valence-electron chi connectivity index (χ3n) is 6.11. The van der Waals surface area contributed by atoms with E-state index in [4.69, 9.17) is 9.47 Å². The Hall–Kier alpha value is -2.53. The first-order valence-electron chi connectivity index (χ1n) is 10.6. The molecule has 2 aromatic rings. The maximum atomic E-state index is 12.9. The molecule has 1 aliphatic carbocycles. The molecule has 4 rings (SSSR count). The Bertz CT molecular complexity index is 812. The molecule has 2 unspecified atom stereocenters. The van der Waals surface area contributed by atoms with Gasteiger partial charge in [0, 0.05) is 38.5 Å². The Balaban J connectivity index is 1.38. The van der Waals surface area contributed by atoms with Gasteiger partial charge in [-0.2, -0.15) is 0 Å². The molecule has 29 heavy (non-hydrogen) atoms. The highest BCUT2D eigenvalue weighted by atomic mass is 16.6. The summed E-state index contributed by atoms with van der Waals surface area (Å²) in [5.41, 5.74) is 2.09. The van der Waals surface area contributed by atoms with Crippen molar-refractivity contribution in [1.82, 2.24) is 4.90 Å². The molecule has 5 heteroatoms. The molecule has 1 heterocycles. The predicted octanol–water partition coefficient (Wildman–Crippen LogP) is 4.57. The van der Waals surface area contributed by atoms with E-state index in [1.54, 1.807) is 11.9 Å². The van der Waals surface area contributed by atoms with E-state index in [1.807, 2.05) is 31.2 Å². The second kappa shape index (κ2) is 8.87. The van der Waals surface area contributed by atoms with Gasteiger partial charge in [-0.05, 0) is 37.5 Å². The third-order valence-corrected chi connectivity index (χ3v) is 6.11. The zero-order valence-corrected chi connectivity index (χ0v) is 17.3. The van der Waals surface area contributed by atoms with Gasteiger partial charge in [0.25, 0.3) is 0 Å². The fourth-order valence-electron chi connectivity index (χ4n) is 4.74. The number of ether oxygens (including phenoxy) is 2. The predicted molar refractivity (Wildman–Crippen MR) is 114 cm³/mol. The van der Waals surface area contributed by atoms with Gasteiger partial charge in [0.1, 0.15) is 11.9 Å². The number of likely N-dealkylation sites (tertiary alicyclic amines) is 1. The first-order valence-corrected chi connectivity index (χ1v) is 10.6. The normalized spacial score (nSPS) is 23.6. The van der Waals surface area contributed by atoms with Crippen LogP contribution in [0.15, 0.2) is 54.6 Å².